The van der Waals surface area contributed by atoms with Crippen molar-refractivity contribution in [2.24, 2.45) is 0 Å². The van der Waals surface area contributed by atoms with Crippen LogP contribution in [0.5, 0.6) is 5.75 Å². The number of aliphatic carboxylic acids is 1. The second kappa shape index (κ2) is 16.5. The number of ether oxygens (including phenoxy) is 1. The molecule has 0 saturated heterocycles. The van der Waals surface area contributed by atoms with Gasteiger partial charge in [-0.15, -0.1) is 5.10 Å². The Balaban J connectivity index is 1.63. The van der Waals surface area contributed by atoms with Gasteiger partial charge < -0.3 is 15.2 Å². The lowest BCUT2D eigenvalue weighted by atomic mass is 10.0. The summed E-state index contributed by atoms with van der Waals surface area (Å²) in [5.74, 6) is -0.234. The molecule has 0 spiro atoms. The lowest BCUT2D eigenvalue weighted by Crippen LogP contribution is -2.43. The van der Waals surface area contributed by atoms with Gasteiger partial charge in [-0.05, 0) is 62.3 Å². The van der Waals surface area contributed by atoms with Crippen LogP contribution in [0, 0.1) is 0 Å². The summed E-state index contributed by atoms with van der Waals surface area (Å²) in [5.41, 5.74) is -0.122. The number of carboxylic acids is 1. The summed E-state index contributed by atoms with van der Waals surface area (Å²) in [5, 5.41) is 17.2. The molecule has 1 aromatic heterocycles. The van der Waals surface area contributed by atoms with Gasteiger partial charge >= 0.3 is 11.7 Å². The first kappa shape index (κ1) is 32.6. The molecule has 9 heteroatoms. The molecule has 3 rings (SSSR count). The van der Waals surface area contributed by atoms with E-state index >= 15 is 0 Å². The van der Waals surface area contributed by atoms with Gasteiger partial charge in [0, 0.05) is 13.1 Å². The summed E-state index contributed by atoms with van der Waals surface area (Å²) >= 11 is 0. The standard InChI is InChI=1S/C33H46N4O5/c1-4-6-7-8-14-23-37-32(41)36(25-27-17-10-9-11-18-27)30(38)29(35-37)34-22-13-12-16-26-19-15-20-28(24-26)42-33(3,21-5-2)31(39)40/h9-11,15,17-20,24H,4-8,12-14,16,21-23,25H2,1-3H3,(H,34,35)(H,39,40). The van der Waals surface area contributed by atoms with E-state index < -0.39 is 17.1 Å². The fourth-order valence-corrected chi connectivity index (χ4v) is 4.95. The monoisotopic (exact) mass is 578 g/mol. The fourth-order valence-electron chi connectivity index (χ4n) is 4.95. The molecule has 0 saturated carbocycles. The number of nitrogens with zero attached hydrogens (tertiary/aromatic N) is 3. The van der Waals surface area contributed by atoms with Crippen molar-refractivity contribution in [1.82, 2.24) is 14.3 Å². The zero-order valence-corrected chi connectivity index (χ0v) is 25.3. The molecule has 2 aromatic carbocycles. The van der Waals surface area contributed by atoms with Gasteiger partial charge in [-0.25, -0.2) is 14.3 Å². The van der Waals surface area contributed by atoms with Gasteiger partial charge in [0.25, 0.3) is 5.56 Å². The second-order valence-electron chi connectivity index (χ2n) is 11.1. The van der Waals surface area contributed by atoms with Gasteiger partial charge in [0.15, 0.2) is 0 Å². The van der Waals surface area contributed by atoms with Crippen LogP contribution >= 0.6 is 0 Å². The largest absolute Gasteiger partial charge is 0.478 e. The number of hydrogen-bond donors (Lipinski definition) is 2. The predicted molar refractivity (Wildman–Crippen MR) is 167 cm³/mol. The van der Waals surface area contributed by atoms with E-state index in [4.69, 9.17) is 4.74 Å². The minimum absolute atomic E-state index is 0.193. The Bertz CT molecular complexity index is 1390. The van der Waals surface area contributed by atoms with E-state index in [1.54, 1.807) is 13.0 Å². The zero-order chi connectivity index (χ0) is 30.4. The fraction of sp³-hybridized carbons (Fsp3) is 0.515. The average Bonchev–Trinajstić information content (AvgIpc) is 2.97. The molecule has 3 aromatic rings. The molecule has 0 aliphatic carbocycles. The number of benzene rings is 2. The maximum atomic E-state index is 13.3. The third-order valence-corrected chi connectivity index (χ3v) is 7.38. The Morgan fingerprint density at radius 2 is 1.67 bits per heavy atom. The highest BCUT2D eigenvalue weighted by atomic mass is 16.5. The van der Waals surface area contributed by atoms with Crippen molar-refractivity contribution >= 4 is 11.8 Å². The summed E-state index contributed by atoms with van der Waals surface area (Å²) < 4.78 is 8.57. The van der Waals surface area contributed by atoms with Gasteiger partial charge in [-0.1, -0.05) is 88.4 Å². The van der Waals surface area contributed by atoms with E-state index in [0.717, 1.165) is 56.1 Å². The third kappa shape index (κ3) is 9.60. The molecule has 1 atom stereocenters. The molecule has 0 radical (unpaired) electrons. The first-order valence-corrected chi connectivity index (χ1v) is 15.3. The smallest absolute Gasteiger partial charge is 0.347 e. The number of carbonyl (C=O) groups is 1. The molecule has 1 heterocycles. The maximum absolute atomic E-state index is 13.3. The first-order chi connectivity index (χ1) is 20.3. The van der Waals surface area contributed by atoms with E-state index in [1.165, 1.54) is 15.7 Å². The van der Waals surface area contributed by atoms with Crippen LogP contribution in [-0.2, 0) is 24.3 Å². The Morgan fingerprint density at radius 3 is 2.38 bits per heavy atom. The van der Waals surface area contributed by atoms with Crippen molar-refractivity contribution in [2.75, 3.05) is 11.9 Å². The molecular formula is C33H46N4O5. The summed E-state index contributed by atoms with van der Waals surface area (Å²) in [6, 6.07) is 17.1. The van der Waals surface area contributed by atoms with Crippen molar-refractivity contribution in [1.29, 1.82) is 0 Å². The van der Waals surface area contributed by atoms with Crippen molar-refractivity contribution in [3.63, 3.8) is 0 Å². The lowest BCUT2D eigenvalue weighted by Gasteiger charge is -2.26. The van der Waals surface area contributed by atoms with Crippen molar-refractivity contribution in [3.05, 3.63) is 86.6 Å². The van der Waals surface area contributed by atoms with E-state index in [1.807, 2.05) is 55.5 Å². The summed E-state index contributed by atoms with van der Waals surface area (Å²) in [7, 11) is 0. The summed E-state index contributed by atoms with van der Waals surface area (Å²) in [4.78, 5) is 38.2. The molecule has 9 nitrogen and oxygen atoms in total. The highest BCUT2D eigenvalue weighted by molar-refractivity contribution is 5.77. The Morgan fingerprint density at radius 1 is 0.929 bits per heavy atom. The van der Waals surface area contributed by atoms with Crippen LogP contribution in [0.3, 0.4) is 0 Å². The number of rotatable bonds is 19. The van der Waals surface area contributed by atoms with E-state index in [-0.39, 0.29) is 18.1 Å². The maximum Gasteiger partial charge on any atom is 0.347 e. The molecule has 0 amide bonds. The Labute approximate surface area is 248 Å². The molecule has 42 heavy (non-hydrogen) atoms. The van der Waals surface area contributed by atoms with Crippen LogP contribution < -0.4 is 21.3 Å². The molecular weight excluding hydrogens is 532 g/mol. The van der Waals surface area contributed by atoms with Crippen molar-refractivity contribution < 1.29 is 14.6 Å². The summed E-state index contributed by atoms with van der Waals surface area (Å²) in [6.07, 6.45) is 8.82. The van der Waals surface area contributed by atoms with Crippen LogP contribution in [0.2, 0.25) is 0 Å². The summed E-state index contributed by atoms with van der Waals surface area (Å²) in [6.45, 7) is 6.92. The Kier molecular flexibility index (Phi) is 12.8. The van der Waals surface area contributed by atoms with Crippen LogP contribution in [-0.4, -0.2) is 37.6 Å². The molecule has 228 valence electrons. The highest BCUT2D eigenvalue weighted by Crippen LogP contribution is 2.24. The van der Waals surface area contributed by atoms with Crippen LogP contribution in [0.25, 0.3) is 0 Å². The third-order valence-electron chi connectivity index (χ3n) is 7.38. The van der Waals surface area contributed by atoms with Crippen molar-refractivity contribution in [3.8, 4) is 5.75 Å². The molecule has 0 fully saturated rings. The molecule has 0 bridgehead atoms. The van der Waals surface area contributed by atoms with Gasteiger partial charge in [0.2, 0.25) is 11.4 Å². The van der Waals surface area contributed by atoms with E-state index in [0.29, 0.717) is 31.7 Å². The number of hydrogen-bond acceptors (Lipinski definition) is 6. The van der Waals surface area contributed by atoms with E-state index in [2.05, 4.69) is 17.3 Å². The van der Waals surface area contributed by atoms with Crippen LogP contribution in [0.4, 0.5) is 5.82 Å². The normalized spacial score (nSPS) is 12.5. The second-order valence-corrected chi connectivity index (χ2v) is 11.1. The predicted octanol–water partition coefficient (Wildman–Crippen LogP) is 5.88. The number of unbranched alkanes of at least 4 members (excludes halogenated alkanes) is 5. The van der Waals surface area contributed by atoms with Gasteiger partial charge in [0.05, 0.1) is 6.54 Å². The topological polar surface area (TPSA) is 115 Å². The number of aromatic nitrogens is 3. The zero-order valence-electron chi connectivity index (χ0n) is 25.3. The highest BCUT2D eigenvalue weighted by Gasteiger charge is 2.34. The minimum Gasteiger partial charge on any atom is -0.478 e. The van der Waals surface area contributed by atoms with E-state index in [9.17, 15) is 19.5 Å². The lowest BCUT2D eigenvalue weighted by molar-refractivity contribution is -0.154. The first-order valence-electron chi connectivity index (χ1n) is 15.3. The molecule has 0 aliphatic heterocycles. The van der Waals surface area contributed by atoms with Crippen molar-refractivity contribution in [2.45, 2.75) is 104 Å². The van der Waals surface area contributed by atoms with Gasteiger partial charge in [0.1, 0.15) is 5.75 Å². The number of anilines is 1. The SMILES string of the molecule is CCCCCCCn1nc(NCCCCc2cccc(OC(C)(CCC)C(=O)O)c2)c(=O)n(Cc2ccccc2)c1=O. The van der Waals surface area contributed by atoms with Gasteiger partial charge in [-0.2, -0.15) is 0 Å². The number of nitrogens with one attached hydrogen (secondary N) is 1. The Hall–Kier alpha value is -3.88. The van der Waals surface area contributed by atoms with Crippen LogP contribution in [0.1, 0.15) is 89.7 Å². The number of carboxylic acid groups (broad SMARTS) is 1. The number of aryl methyl sites for hydroxylation is 2. The molecule has 2 N–H and O–H groups in total. The quantitative estimate of drug-likeness (QED) is 0.171. The molecule has 0 aliphatic rings. The average molecular weight is 579 g/mol. The molecule has 1 unspecified atom stereocenters. The minimum atomic E-state index is -1.26. The van der Waals surface area contributed by atoms with Gasteiger partial charge in [-0.3, -0.25) is 9.36 Å². The van der Waals surface area contributed by atoms with Crippen LogP contribution in [0.15, 0.2) is 64.2 Å².